The van der Waals surface area contributed by atoms with Crippen LogP contribution in [0, 0.1) is 5.41 Å². The molecular formula is C12H12N2O5. The third kappa shape index (κ3) is 3.38. The number of nitrogens with one attached hydrogen (secondary N) is 2. The summed E-state index contributed by atoms with van der Waals surface area (Å²) in [6.07, 6.45) is 0. The summed E-state index contributed by atoms with van der Waals surface area (Å²) in [6, 6.07) is 3.87. The van der Waals surface area contributed by atoms with E-state index in [-0.39, 0.29) is 17.0 Å². The molecule has 100 valence electrons. The van der Waals surface area contributed by atoms with Crippen LogP contribution >= 0.6 is 0 Å². The number of hydrogen-bond donors (Lipinski definition) is 3. The molecule has 1 aromatic rings. The summed E-state index contributed by atoms with van der Waals surface area (Å²) in [7, 11) is 1.35. The predicted molar refractivity (Wildman–Crippen MR) is 67.0 cm³/mol. The second-order valence-corrected chi connectivity index (χ2v) is 3.61. The number of ether oxygens (including phenoxy) is 1. The molecule has 0 atom stereocenters. The van der Waals surface area contributed by atoms with Crippen LogP contribution in [0.4, 0.5) is 5.69 Å². The molecule has 0 aromatic heterocycles. The van der Waals surface area contributed by atoms with Gasteiger partial charge in [-0.15, -0.1) is 0 Å². The lowest BCUT2D eigenvalue weighted by Crippen LogP contribution is -2.27. The monoisotopic (exact) mass is 264 g/mol. The van der Waals surface area contributed by atoms with E-state index >= 15 is 0 Å². The minimum absolute atomic E-state index is 0.0505. The molecule has 19 heavy (non-hydrogen) atoms. The number of Topliss-reactive ketones (excluding diaryl/α,β-unsaturated/α-hetero) is 1. The van der Waals surface area contributed by atoms with Gasteiger partial charge in [0, 0.05) is 6.92 Å². The van der Waals surface area contributed by atoms with Gasteiger partial charge in [0.1, 0.15) is 5.75 Å². The smallest absolute Gasteiger partial charge is 0.335 e. The first-order valence-corrected chi connectivity index (χ1v) is 5.19. The first kappa shape index (κ1) is 14.4. The number of anilines is 1. The maximum Gasteiger partial charge on any atom is 0.335 e. The van der Waals surface area contributed by atoms with Crippen molar-refractivity contribution in [3.05, 3.63) is 23.8 Å². The Bertz CT molecular complexity index is 565. The van der Waals surface area contributed by atoms with Gasteiger partial charge in [-0.05, 0) is 18.2 Å². The standard InChI is InChI=1S/C12H12N2O5/c1-6(15)10(13)11(16)14-8-5-7(12(17)18)3-4-9(8)19-2/h3-5,13H,1-2H3,(H,14,16)(H,17,18). The van der Waals surface area contributed by atoms with E-state index in [2.05, 4.69) is 5.32 Å². The van der Waals surface area contributed by atoms with Crippen LogP contribution in [0.3, 0.4) is 0 Å². The van der Waals surface area contributed by atoms with Crippen molar-refractivity contribution < 1.29 is 24.2 Å². The SMILES string of the molecule is COc1ccc(C(=O)O)cc1NC(=O)C(=N)C(C)=O. The zero-order valence-electron chi connectivity index (χ0n) is 10.3. The molecule has 0 spiro atoms. The molecule has 3 N–H and O–H groups in total. The fourth-order valence-electron chi connectivity index (χ4n) is 1.28. The zero-order chi connectivity index (χ0) is 14.6. The number of methoxy groups -OCH3 is 1. The van der Waals surface area contributed by atoms with Crippen LogP contribution in [0.15, 0.2) is 18.2 Å². The Kier molecular flexibility index (Phi) is 4.36. The third-order valence-corrected chi connectivity index (χ3v) is 2.27. The lowest BCUT2D eigenvalue weighted by atomic mass is 10.1. The van der Waals surface area contributed by atoms with Crippen LogP contribution in [0.2, 0.25) is 0 Å². The zero-order valence-corrected chi connectivity index (χ0v) is 10.3. The lowest BCUT2D eigenvalue weighted by Gasteiger charge is -2.10. The van der Waals surface area contributed by atoms with Gasteiger partial charge >= 0.3 is 5.97 Å². The molecule has 0 saturated carbocycles. The first-order chi connectivity index (χ1) is 8.86. The maximum absolute atomic E-state index is 11.5. The molecule has 1 rings (SSSR count). The van der Waals surface area contributed by atoms with Gasteiger partial charge < -0.3 is 15.2 Å². The van der Waals surface area contributed by atoms with Crippen molar-refractivity contribution in [2.24, 2.45) is 0 Å². The second kappa shape index (κ2) is 5.76. The number of carbonyl (C=O) groups is 3. The van der Waals surface area contributed by atoms with Gasteiger partial charge in [-0.2, -0.15) is 0 Å². The van der Waals surface area contributed by atoms with E-state index in [1.807, 2.05) is 0 Å². The van der Waals surface area contributed by atoms with Crippen molar-refractivity contribution in [3.63, 3.8) is 0 Å². The van der Waals surface area contributed by atoms with E-state index in [0.717, 1.165) is 6.92 Å². The quantitative estimate of drug-likeness (QED) is 0.540. The van der Waals surface area contributed by atoms with Crippen LogP contribution in [0.25, 0.3) is 0 Å². The highest BCUT2D eigenvalue weighted by molar-refractivity contribution is 6.66. The number of ketones is 1. The van der Waals surface area contributed by atoms with Gasteiger partial charge in [0.2, 0.25) is 0 Å². The van der Waals surface area contributed by atoms with Crippen molar-refractivity contribution in [2.75, 3.05) is 12.4 Å². The number of hydrogen-bond acceptors (Lipinski definition) is 5. The fourth-order valence-corrected chi connectivity index (χ4v) is 1.28. The summed E-state index contributed by atoms with van der Waals surface area (Å²) in [5.74, 6) is -2.55. The van der Waals surface area contributed by atoms with E-state index in [4.69, 9.17) is 15.3 Å². The number of benzene rings is 1. The summed E-state index contributed by atoms with van der Waals surface area (Å²) in [5.41, 5.74) is -0.688. The molecule has 7 nitrogen and oxygen atoms in total. The van der Waals surface area contributed by atoms with Crippen molar-refractivity contribution >= 4 is 29.1 Å². The highest BCUT2D eigenvalue weighted by Crippen LogP contribution is 2.25. The molecule has 0 radical (unpaired) electrons. The Balaban J connectivity index is 3.08. The molecule has 0 aliphatic rings. The fraction of sp³-hybridized carbons (Fsp3) is 0.167. The first-order valence-electron chi connectivity index (χ1n) is 5.19. The Hall–Kier alpha value is -2.70. The van der Waals surface area contributed by atoms with Crippen molar-refractivity contribution in [3.8, 4) is 5.75 Å². The Labute approximate surface area is 108 Å². The molecule has 0 aliphatic heterocycles. The molecule has 0 heterocycles. The molecule has 7 heteroatoms. The number of carboxylic acids is 1. The summed E-state index contributed by atoms with van der Waals surface area (Å²) < 4.78 is 4.96. The van der Waals surface area contributed by atoms with Crippen LogP contribution in [0.5, 0.6) is 5.75 Å². The average Bonchev–Trinajstić information content (AvgIpc) is 2.37. The van der Waals surface area contributed by atoms with Gasteiger partial charge in [0.05, 0.1) is 18.4 Å². The minimum Gasteiger partial charge on any atom is -0.495 e. The minimum atomic E-state index is -1.17. The highest BCUT2D eigenvalue weighted by atomic mass is 16.5. The van der Waals surface area contributed by atoms with Gasteiger partial charge in [0.25, 0.3) is 5.91 Å². The van der Waals surface area contributed by atoms with Crippen molar-refractivity contribution in [1.29, 1.82) is 5.41 Å². The van der Waals surface area contributed by atoms with Gasteiger partial charge in [0.15, 0.2) is 11.5 Å². The number of aromatic carboxylic acids is 1. The van der Waals surface area contributed by atoms with E-state index in [1.54, 1.807) is 0 Å². The lowest BCUT2D eigenvalue weighted by molar-refractivity contribution is -0.114. The van der Waals surface area contributed by atoms with E-state index in [9.17, 15) is 14.4 Å². The van der Waals surface area contributed by atoms with E-state index < -0.39 is 23.4 Å². The average molecular weight is 264 g/mol. The normalized spacial score (nSPS) is 9.58. The third-order valence-electron chi connectivity index (χ3n) is 2.27. The van der Waals surface area contributed by atoms with Crippen LogP contribution < -0.4 is 10.1 Å². The highest BCUT2D eigenvalue weighted by Gasteiger charge is 2.17. The van der Waals surface area contributed by atoms with Crippen molar-refractivity contribution in [2.45, 2.75) is 6.92 Å². The Morgan fingerprint density at radius 3 is 2.42 bits per heavy atom. The number of carbonyl (C=O) groups excluding carboxylic acids is 2. The van der Waals surface area contributed by atoms with E-state index in [0.29, 0.717) is 0 Å². The molecule has 0 saturated heterocycles. The predicted octanol–water partition coefficient (Wildman–Crippen LogP) is 0.941. The van der Waals surface area contributed by atoms with E-state index in [1.165, 1.54) is 25.3 Å². The molecular weight excluding hydrogens is 252 g/mol. The largest absolute Gasteiger partial charge is 0.495 e. The Morgan fingerprint density at radius 1 is 1.32 bits per heavy atom. The molecule has 0 aliphatic carbocycles. The summed E-state index contributed by atoms with van der Waals surface area (Å²) >= 11 is 0. The van der Waals surface area contributed by atoms with Gasteiger partial charge in [-0.3, -0.25) is 15.0 Å². The second-order valence-electron chi connectivity index (χ2n) is 3.61. The summed E-state index contributed by atoms with van der Waals surface area (Å²) in [5, 5.41) is 18.4. The van der Waals surface area contributed by atoms with Gasteiger partial charge in [-0.1, -0.05) is 0 Å². The number of carboxylic acid groups (broad SMARTS) is 1. The number of amides is 1. The van der Waals surface area contributed by atoms with Gasteiger partial charge in [-0.25, -0.2) is 4.79 Å². The maximum atomic E-state index is 11.5. The molecule has 0 bridgehead atoms. The topological polar surface area (TPSA) is 117 Å². The summed E-state index contributed by atoms with van der Waals surface area (Å²) in [6.45, 7) is 1.09. The molecule has 1 amide bonds. The van der Waals surface area contributed by atoms with Crippen LogP contribution in [-0.2, 0) is 9.59 Å². The van der Waals surface area contributed by atoms with Crippen molar-refractivity contribution in [1.82, 2.24) is 0 Å². The van der Waals surface area contributed by atoms with Crippen LogP contribution in [-0.4, -0.2) is 35.6 Å². The molecule has 1 aromatic carbocycles. The molecule has 0 fully saturated rings. The molecule has 0 unspecified atom stereocenters. The Morgan fingerprint density at radius 2 is 1.95 bits per heavy atom. The number of rotatable bonds is 5. The van der Waals surface area contributed by atoms with Crippen LogP contribution in [0.1, 0.15) is 17.3 Å². The summed E-state index contributed by atoms with van der Waals surface area (Å²) in [4.78, 5) is 33.3.